The van der Waals surface area contributed by atoms with Crippen molar-refractivity contribution < 1.29 is 4.74 Å². The van der Waals surface area contributed by atoms with Crippen molar-refractivity contribution in [3.05, 3.63) is 59.9 Å². The molecule has 2 rings (SSSR count). The monoisotopic (exact) mass is 340 g/mol. The van der Waals surface area contributed by atoms with Gasteiger partial charge in [-0.3, -0.25) is 4.98 Å². The number of nitrogens with one attached hydrogen (secondary N) is 2. The van der Waals surface area contributed by atoms with E-state index in [1.165, 1.54) is 0 Å². The molecule has 0 saturated carbocycles. The van der Waals surface area contributed by atoms with Crippen molar-refractivity contribution >= 4 is 5.96 Å². The van der Waals surface area contributed by atoms with E-state index in [4.69, 9.17) is 4.74 Å². The van der Waals surface area contributed by atoms with Crippen LogP contribution in [-0.4, -0.2) is 23.0 Å². The van der Waals surface area contributed by atoms with E-state index in [1.807, 2.05) is 42.5 Å². The first-order valence-corrected chi connectivity index (χ1v) is 8.64. The zero-order chi connectivity index (χ0) is 18.1. The smallest absolute Gasteiger partial charge is 0.191 e. The van der Waals surface area contributed by atoms with Crippen LogP contribution in [0.25, 0.3) is 0 Å². The molecule has 1 aromatic carbocycles. The molecule has 2 N–H and O–H groups in total. The van der Waals surface area contributed by atoms with Gasteiger partial charge in [-0.15, -0.1) is 0 Å². The summed E-state index contributed by atoms with van der Waals surface area (Å²) in [5.74, 6) is 1.66. The molecule has 0 aliphatic heterocycles. The van der Waals surface area contributed by atoms with Crippen LogP contribution in [0.1, 0.15) is 39.0 Å². The van der Waals surface area contributed by atoms with E-state index in [0.717, 1.165) is 29.5 Å². The van der Waals surface area contributed by atoms with Crippen LogP contribution in [0, 0.1) is 0 Å². The van der Waals surface area contributed by atoms with E-state index in [0.29, 0.717) is 13.2 Å². The SMILES string of the molecule is CCNC(=NCc1ccc(OCc2ccccn2)cc1)NC(C)(C)C. The van der Waals surface area contributed by atoms with Gasteiger partial charge in [0.15, 0.2) is 5.96 Å². The minimum absolute atomic E-state index is 0.0236. The molecule has 0 spiro atoms. The highest BCUT2D eigenvalue weighted by Gasteiger charge is 2.11. The summed E-state index contributed by atoms with van der Waals surface area (Å²) >= 11 is 0. The molecule has 0 unspecified atom stereocenters. The van der Waals surface area contributed by atoms with Gasteiger partial charge in [-0.1, -0.05) is 18.2 Å². The molecular formula is C20H28N4O. The number of ether oxygens (including phenoxy) is 1. The molecule has 0 radical (unpaired) electrons. The summed E-state index contributed by atoms with van der Waals surface area (Å²) in [5, 5.41) is 6.65. The molecule has 0 amide bonds. The maximum absolute atomic E-state index is 5.75. The standard InChI is InChI=1S/C20H28N4O/c1-5-21-19(24-20(2,3)4)23-14-16-9-11-18(12-10-16)25-15-17-8-6-7-13-22-17/h6-13H,5,14-15H2,1-4H3,(H2,21,23,24). The summed E-state index contributed by atoms with van der Waals surface area (Å²) in [7, 11) is 0. The second-order valence-electron chi connectivity index (χ2n) is 6.82. The lowest BCUT2D eigenvalue weighted by Gasteiger charge is -2.23. The third kappa shape index (κ3) is 7.25. The van der Waals surface area contributed by atoms with Crippen LogP contribution in [0.2, 0.25) is 0 Å². The molecule has 25 heavy (non-hydrogen) atoms. The Balaban J connectivity index is 1.91. The quantitative estimate of drug-likeness (QED) is 0.624. The van der Waals surface area contributed by atoms with Gasteiger partial charge in [0.05, 0.1) is 12.2 Å². The highest BCUT2D eigenvalue weighted by atomic mass is 16.5. The van der Waals surface area contributed by atoms with Crippen LogP contribution < -0.4 is 15.4 Å². The summed E-state index contributed by atoms with van der Waals surface area (Å²) in [6.07, 6.45) is 1.77. The van der Waals surface area contributed by atoms with Gasteiger partial charge >= 0.3 is 0 Å². The number of hydrogen-bond donors (Lipinski definition) is 2. The van der Waals surface area contributed by atoms with E-state index in [2.05, 4.69) is 48.3 Å². The Morgan fingerprint density at radius 2 is 1.88 bits per heavy atom. The zero-order valence-corrected chi connectivity index (χ0v) is 15.5. The average Bonchev–Trinajstić information content (AvgIpc) is 2.59. The van der Waals surface area contributed by atoms with Crippen molar-refractivity contribution in [2.75, 3.05) is 6.54 Å². The maximum atomic E-state index is 5.75. The topological polar surface area (TPSA) is 58.5 Å². The lowest BCUT2D eigenvalue weighted by molar-refractivity contribution is 0.301. The first-order valence-electron chi connectivity index (χ1n) is 8.64. The Morgan fingerprint density at radius 1 is 1.12 bits per heavy atom. The van der Waals surface area contributed by atoms with Gasteiger partial charge in [-0.25, -0.2) is 4.99 Å². The zero-order valence-electron chi connectivity index (χ0n) is 15.5. The summed E-state index contributed by atoms with van der Waals surface area (Å²) < 4.78 is 5.75. The highest BCUT2D eigenvalue weighted by molar-refractivity contribution is 5.80. The van der Waals surface area contributed by atoms with Gasteiger partial charge in [0.25, 0.3) is 0 Å². The Morgan fingerprint density at radius 3 is 2.48 bits per heavy atom. The van der Waals surface area contributed by atoms with Crippen LogP contribution in [-0.2, 0) is 13.2 Å². The van der Waals surface area contributed by atoms with Crippen LogP contribution in [0.4, 0.5) is 0 Å². The van der Waals surface area contributed by atoms with Crippen molar-refractivity contribution in [3.63, 3.8) is 0 Å². The van der Waals surface area contributed by atoms with E-state index >= 15 is 0 Å². The highest BCUT2D eigenvalue weighted by Crippen LogP contribution is 2.14. The molecule has 0 aliphatic carbocycles. The molecule has 0 aliphatic rings. The fraction of sp³-hybridized carbons (Fsp3) is 0.400. The fourth-order valence-corrected chi connectivity index (χ4v) is 2.16. The predicted molar refractivity (Wildman–Crippen MR) is 103 cm³/mol. The second kappa shape index (κ2) is 9.06. The fourth-order valence-electron chi connectivity index (χ4n) is 2.16. The van der Waals surface area contributed by atoms with E-state index in [9.17, 15) is 0 Å². The number of pyridine rings is 1. The number of hydrogen-bond acceptors (Lipinski definition) is 3. The van der Waals surface area contributed by atoms with E-state index in [-0.39, 0.29) is 5.54 Å². The molecule has 1 heterocycles. The number of aliphatic imine (C=N–C) groups is 1. The first kappa shape index (κ1) is 18.8. The van der Waals surface area contributed by atoms with E-state index in [1.54, 1.807) is 6.20 Å². The van der Waals surface area contributed by atoms with Gasteiger partial charge in [-0.2, -0.15) is 0 Å². The molecule has 0 atom stereocenters. The molecule has 0 saturated heterocycles. The second-order valence-corrected chi connectivity index (χ2v) is 6.82. The van der Waals surface area contributed by atoms with Crippen LogP contribution >= 0.6 is 0 Å². The lowest BCUT2D eigenvalue weighted by Crippen LogP contribution is -2.47. The van der Waals surface area contributed by atoms with Crippen molar-refractivity contribution in [2.24, 2.45) is 4.99 Å². The number of guanidine groups is 1. The first-order chi connectivity index (χ1) is 12.0. The number of nitrogens with zero attached hydrogens (tertiary/aromatic N) is 2. The van der Waals surface area contributed by atoms with Crippen LogP contribution in [0.5, 0.6) is 5.75 Å². The molecule has 5 nitrogen and oxygen atoms in total. The normalized spacial score (nSPS) is 11.9. The summed E-state index contributed by atoms with van der Waals surface area (Å²) in [5.41, 5.74) is 2.03. The molecule has 1 aromatic heterocycles. The summed E-state index contributed by atoms with van der Waals surface area (Å²) in [6.45, 7) is 10.3. The van der Waals surface area contributed by atoms with Crippen molar-refractivity contribution in [1.82, 2.24) is 15.6 Å². The Kier molecular flexibility index (Phi) is 6.81. The van der Waals surface area contributed by atoms with Gasteiger partial charge in [0.1, 0.15) is 12.4 Å². The number of rotatable bonds is 6. The Hall–Kier alpha value is -2.56. The summed E-state index contributed by atoms with van der Waals surface area (Å²) in [4.78, 5) is 8.89. The third-order valence-corrected chi connectivity index (χ3v) is 3.29. The van der Waals surface area contributed by atoms with Crippen molar-refractivity contribution in [2.45, 2.75) is 46.4 Å². The maximum Gasteiger partial charge on any atom is 0.191 e. The van der Waals surface area contributed by atoms with Gasteiger partial charge in [-0.05, 0) is 57.5 Å². The lowest BCUT2D eigenvalue weighted by atomic mass is 10.1. The van der Waals surface area contributed by atoms with Crippen LogP contribution in [0.3, 0.4) is 0 Å². The minimum Gasteiger partial charge on any atom is -0.487 e. The Labute approximate surface area is 150 Å². The van der Waals surface area contributed by atoms with Crippen molar-refractivity contribution in [1.29, 1.82) is 0 Å². The van der Waals surface area contributed by atoms with E-state index < -0.39 is 0 Å². The predicted octanol–water partition coefficient (Wildman–Crippen LogP) is 3.51. The van der Waals surface area contributed by atoms with Crippen molar-refractivity contribution in [3.8, 4) is 5.75 Å². The molecule has 0 fully saturated rings. The van der Waals surface area contributed by atoms with Crippen LogP contribution in [0.15, 0.2) is 53.7 Å². The molecular weight excluding hydrogens is 312 g/mol. The largest absolute Gasteiger partial charge is 0.487 e. The van der Waals surface area contributed by atoms with Gasteiger partial charge < -0.3 is 15.4 Å². The number of aromatic nitrogens is 1. The minimum atomic E-state index is -0.0236. The Bertz CT molecular complexity index is 660. The molecule has 2 aromatic rings. The number of benzene rings is 1. The van der Waals surface area contributed by atoms with Gasteiger partial charge in [0.2, 0.25) is 0 Å². The molecule has 134 valence electrons. The molecule has 0 bridgehead atoms. The molecule has 5 heteroatoms. The van der Waals surface area contributed by atoms with Gasteiger partial charge in [0, 0.05) is 18.3 Å². The average molecular weight is 340 g/mol. The third-order valence-electron chi connectivity index (χ3n) is 3.29. The summed E-state index contributed by atoms with van der Waals surface area (Å²) in [6, 6.07) is 13.8.